The first-order valence-electron chi connectivity index (χ1n) is 3.77. The monoisotopic (exact) mass is 177 g/mol. The van der Waals surface area contributed by atoms with Gasteiger partial charge in [0.2, 0.25) is 0 Å². The van der Waals surface area contributed by atoms with Gasteiger partial charge in [0.25, 0.3) is 0 Å². The molecule has 0 aromatic rings. The summed E-state index contributed by atoms with van der Waals surface area (Å²) in [5.41, 5.74) is -0.0695. The van der Waals surface area contributed by atoms with Gasteiger partial charge in [0.05, 0.1) is 22.7 Å². The highest BCUT2D eigenvalue weighted by Crippen LogP contribution is 2.14. The summed E-state index contributed by atoms with van der Waals surface area (Å²) in [5.74, 6) is 0.694. The Morgan fingerprint density at radius 1 is 1.64 bits per heavy atom. The fourth-order valence-corrected chi connectivity index (χ4v) is 2.30. The molecular weight excluding hydrogens is 162 g/mol. The second-order valence-corrected chi connectivity index (χ2v) is 4.89. The summed E-state index contributed by atoms with van der Waals surface area (Å²) in [4.78, 5) is 2.06. The molecule has 0 aromatic carbocycles. The predicted octanol–water partition coefficient (Wildman–Crippen LogP) is 0.0415. The van der Waals surface area contributed by atoms with Gasteiger partial charge >= 0.3 is 0 Å². The number of ether oxygens (including phenoxy) is 1. The van der Waals surface area contributed by atoms with Crippen molar-refractivity contribution in [2.24, 2.45) is 0 Å². The molecular formula is C7H15NO2S. The van der Waals surface area contributed by atoms with Crippen molar-refractivity contribution in [3.8, 4) is 0 Å². The molecule has 11 heavy (non-hydrogen) atoms. The Bertz CT molecular complexity index is 161. The Balaban J connectivity index is 2.35. The van der Waals surface area contributed by atoms with Gasteiger partial charge in [-0.05, 0) is 21.0 Å². The number of nitrogens with zero attached hydrogens (tertiary/aromatic N) is 1. The zero-order valence-electron chi connectivity index (χ0n) is 7.24. The van der Waals surface area contributed by atoms with Crippen LogP contribution in [0.2, 0.25) is 0 Å². The van der Waals surface area contributed by atoms with Gasteiger partial charge in [0, 0.05) is 6.54 Å². The van der Waals surface area contributed by atoms with Gasteiger partial charge in [-0.3, -0.25) is 4.21 Å². The molecule has 1 fully saturated rings. The first-order valence-corrected chi connectivity index (χ1v) is 5.15. The summed E-state index contributed by atoms with van der Waals surface area (Å²) < 4.78 is 16.6. The van der Waals surface area contributed by atoms with Gasteiger partial charge in [-0.15, -0.1) is 0 Å². The van der Waals surface area contributed by atoms with Gasteiger partial charge in [-0.1, -0.05) is 0 Å². The van der Waals surface area contributed by atoms with E-state index in [9.17, 15) is 4.21 Å². The highest BCUT2D eigenvalue weighted by atomic mass is 32.2. The Labute approximate surface area is 70.2 Å². The van der Waals surface area contributed by atoms with Crippen molar-refractivity contribution in [3.05, 3.63) is 0 Å². The Morgan fingerprint density at radius 3 is 2.64 bits per heavy atom. The lowest BCUT2D eigenvalue weighted by Gasteiger charge is -2.14. The van der Waals surface area contributed by atoms with Crippen LogP contribution in [0.5, 0.6) is 0 Å². The minimum Gasteiger partial charge on any atom is -0.360 e. The topological polar surface area (TPSA) is 29.5 Å². The standard InChI is InChI=1S/C7H15NO2S/c1-6-10-7(4-8(2)3)5-11(6)9/h6-7H,4-5H2,1-3H3/t6-,7+,11-/m0/s1. The van der Waals surface area contributed by atoms with E-state index in [4.69, 9.17) is 4.74 Å². The molecule has 66 valence electrons. The quantitative estimate of drug-likeness (QED) is 0.596. The second-order valence-electron chi connectivity index (χ2n) is 3.14. The van der Waals surface area contributed by atoms with E-state index in [1.54, 1.807) is 0 Å². The van der Waals surface area contributed by atoms with Crippen molar-refractivity contribution in [2.75, 3.05) is 26.4 Å². The summed E-state index contributed by atoms with van der Waals surface area (Å²) in [5, 5.41) is 0. The molecule has 0 N–H and O–H groups in total. The van der Waals surface area contributed by atoms with Crippen molar-refractivity contribution in [2.45, 2.75) is 18.5 Å². The van der Waals surface area contributed by atoms with Crippen LogP contribution in [0.15, 0.2) is 0 Å². The highest BCUT2D eigenvalue weighted by Gasteiger charge is 2.28. The molecule has 4 heteroatoms. The average molecular weight is 177 g/mol. The van der Waals surface area contributed by atoms with E-state index in [0.717, 1.165) is 6.54 Å². The molecule has 0 aliphatic carbocycles. The van der Waals surface area contributed by atoms with Crippen molar-refractivity contribution in [1.82, 2.24) is 4.90 Å². The second kappa shape index (κ2) is 3.65. The van der Waals surface area contributed by atoms with Gasteiger partial charge in [0.1, 0.15) is 5.44 Å². The van der Waals surface area contributed by atoms with E-state index in [1.807, 2.05) is 21.0 Å². The first kappa shape index (κ1) is 9.16. The predicted molar refractivity (Wildman–Crippen MR) is 45.9 cm³/mol. The van der Waals surface area contributed by atoms with E-state index >= 15 is 0 Å². The lowest BCUT2D eigenvalue weighted by molar-refractivity contribution is 0.0571. The minimum absolute atomic E-state index is 0.0695. The van der Waals surface area contributed by atoms with Gasteiger partial charge in [-0.25, -0.2) is 0 Å². The van der Waals surface area contributed by atoms with E-state index in [1.165, 1.54) is 0 Å². The average Bonchev–Trinajstić information content (AvgIpc) is 2.10. The fraction of sp³-hybridized carbons (Fsp3) is 1.00. The normalized spacial score (nSPS) is 38.4. The van der Waals surface area contributed by atoms with Crippen LogP contribution >= 0.6 is 0 Å². The molecule has 0 saturated carbocycles. The Kier molecular flexibility index (Phi) is 3.04. The third kappa shape index (κ3) is 2.54. The van der Waals surface area contributed by atoms with E-state index in [-0.39, 0.29) is 11.5 Å². The molecule has 1 saturated heterocycles. The Hall–Kier alpha value is 0.0700. The molecule has 0 bridgehead atoms. The van der Waals surface area contributed by atoms with Crippen LogP contribution in [0, 0.1) is 0 Å². The van der Waals surface area contributed by atoms with Crippen molar-refractivity contribution < 1.29 is 8.95 Å². The summed E-state index contributed by atoms with van der Waals surface area (Å²) in [7, 11) is 3.23. The summed E-state index contributed by atoms with van der Waals surface area (Å²) in [6.45, 7) is 2.74. The zero-order valence-corrected chi connectivity index (χ0v) is 8.06. The van der Waals surface area contributed by atoms with E-state index < -0.39 is 10.8 Å². The SMILES string of the molecule is C[C@H]1O[C@H](CN(C)C)C[S@@]1=O. The number of hydrogen-bond acceptors (Lipinski definition) is 3. The summed E-state index contributed by atoms with van der Waals surface area (Å²) in [6.07, 6.45) is 0.167. The summed E-state index contributed by atoms with van der Waals surface area (Å²) in [6, 6.07) is 0. The molecule has 1 rings (SSSR count). The number of hydrogen-bond donors (Lipinski definition) is 0. The molecule has 1 aliphatic rings. The van der Waals surface area contributed by atoms with Gasteiger partial charge in [-0.2, -0.15) is 0 Å². The molecule has 3 nitrogen and oxygen atoms in total. The van der Waals surface area contributed by atoms with Crippen molar-refractivity contribution >= 4 is 10.8 Å². The molecule has 3 atom stereocenters. The summed E-state index contributed by atoms with van der Waals surface area (Å²) >= 11 is 0. The van der Waals surface area contributed by atoms with Crippen LogP contribution in [0.4, 0.5) is 0 Å². The highest BCUT2D eigenvalue weighted by molar-refractivity contribution is 7.85. The van der Waals surface area contributed by atoms with Crippen LogP contribution < -0.4 is 0 Å². The minimum atomic E-state index is -0.763. The lowest BCUT2D eigenvalue weighted by Crippen LogP contribution is -2.27. The molecule has 0 aromatic heterocycles. The van der Waals surface area contributed by atoms with Crippen LogP contribution in [-0.4, -0.2) is 47.0 Å². The van der Waals surface area contributed by atoms with Crippen LogP contribution in [0.3, 0.4) is 0 Å². The third-order valence-corrected chi connectivity index (χ3v) is 3.23. The van der Waals surface area contributed by atoms with Crippen molar-refractivity contribution in [3.63, 3.8) is 0 Å². The third-order valence-electron chi connectivity index (χ3n) is 1.67. The van der Waals surface area contributed by atoms with Crippen molar-refractivity contribution in [1.29, 1.82) is 0 Å². The molecule has 0 unspecified atom stereocenters. The fourth-order valence-electron chi connectivity index (χ4n) is 1.19. The zero-order chi connectivity index (χ0) is 8.43. The largest absolute Gasteiger partial charge is 0.360 e. The lowest BCUT2D eigenvalue weighted by atomic mass is 10.4. The maximum Gasteiger partial charge on any atom is 0.130 e. The van der Waals surface area contributed by atoms with Crippen LogP contribution in [-0.2, 0) is 15.5 Å². The molecule has 1 heterocycles. The van der Waals surface area contributed by atoms with E-state index in [0.29, 0.717) is 5.75 Å². The van der Waals surface area contributed by atoms with Crippen LogP contribution in [0.1, 0.15) is 6.92 Å². The smallest absolute Gasteiger partial charge is 0.130 e. The number of rotatable bonds is 2. The van der Waals surface area contributed by atoms with Gasteiger partial charge < -0.3 is 9.64 Å². The van der Waals surface area contributed by atoms with Gasteiger partial charge in [0.15, 0.2) is 0 Å². The maximum absolute atomic E-state index is 11.1. The Morgan fingerprint density at radius 2 is 2.27 bits per heavy atom. The first-order chi connectivity index (χ1) is 5.09. The molecule has 0 amide bonds. The van der Waals surface area contributed by atoms with Crippen LogP contribution in [0.25, 0.3) is 0 Å². The number of likely N-dealkylation sites (N-methyl/N-ethyl adjacent to an activating group) is 1. The molecule has 1 aliphatic heterocycles. The maximum atomic E-state index is 11.1. The molecule has 0 radical (unpaired) electrons. The molecule has 0 spiro atoms. The van der Waals surface area contributed by atoms with E-state index in [2.05, 4.69) is 4.90 Å².